The van der Waals surface area contributed by atoms with E-state index in [1.165, 1.54) is 44.2 Å². The quantitative estimate of drug-likeness (QED) is 0.673. The maximum absolute atomic E-state index is 5.29. The third kappa shape index (κ3) is 4.55. The summed E-state index contributed by atoms with van der Waals surface area (Å²) in [4.78, 5) is 5.07. The lowest BCUT2D eigenvalue weighted by atomic mass is 10.1. The molecule has 29 heavy (non-hydrogen) atoms. The first kappa shape index (κ1) is 20.1. The molecule has 1 unspecified atom stereocenters. The zero-order valence-electron chi connectivity index (χ0n) is 17.8. The third-order valence-corrected chi connectivity index (χ3v) is 6.51. The van der Waals surface area contributed by atoms with Crippen molar-refractivity contribution in [2.75, 3.05) is 38.2 Å². The summed E-state index contributed by atoms with van der Waals surface area (Å²) in [5.74, 6) is 1.99. The molecule has 4 rings (SSSR count). The van der Waals surface area contributed by atoms with E-state index in [4.69, 9.17) is 4.74 Å². The molecule has 0 bridgehead atoms. The van der Waals surface area contributed by atoms with Gasteiger partial charge < -0.3 is 9.64 Å². The predicted octanol–water partition coefficient (Wildman–Crippen LogP) is 3.85. The molecule has 0 amide bonds. The first-order valence-electron chi connectivity index (χ1n) is 11.2. The highest BCUT2D eigenvalue weighted by atomic mass is 16.5. The molecule has 2 fully saturated rings. The van der Waals surface area contributed by atoms with Crippen LogP contribution in [0.15, 0.2) is 24.3 Å². The van der Waals surface area contributed by atoms with Crippen LogP contribution >= 0.6 is 0 Å². The molecule has 2 heterocycles. The Morgan fingerprint density at radius 1 is 1.07 bits per heavy atom. The van der Waals surface area contributed by atoms with Gasteiger partial charge in [0, 0.05) is 31.9 Å². The van der Waals surface area contributed by atoms with Crippen molar-refractivity contribution < 1.29 is 4.74 Å². The second kappa shape index (κ2) is 9.57. The zero-order chi connectivity index (χ0) is 20.1. The highest BCUT2D eigenvalue weighted by molar-refractivity contribution is 5.49. The van der Waals surface area contributed by atoms with Gasteiger partial charge >= 0.3 is 0 Å². The largest absolute Gasteiger partial charge is 0.497 e. The van der Waals surface area contributed by atoms with E-state index in [-0.39, 0.29) is 0 Å². The third-order valence-electron chi connectivity index (χ3n) is 6.51. The van der Waals surface area contributed by atoms with Crippen molar-refractivity contribution in [1.29, 1.82) is 0 Å². The second-order valence-corrected chi connectivity index (χ2v) is 8.30. The number of rotatable bonds is 8. The molecule has 158 valence electrons. The molecule has 7 nitrogen and oxygen atoms in total. The Balaban J connectivity index is 1.45. The highest BCUT2D eigenvalue weighted by Crippen LogP contribution is 2.33. The van der Waals surface area contributed by atoms with Crippen molar-refractivity contribution >= 4 is 5.69 Å². The molecule has 1 saturated carbocycles. The Labute approximate surface area is 174 Å². The number of hydrogen-bond acceptors (Lipinski definition) is 6. The Morgan fingerprint density at radius 2 is 1.79 bits per heavy atom. The van der Waals surface area contributed by atoms with E-state index in [2.05, 4.69) is 49.1 Å². The number of methoxy groups -OCH3 is 1. The van der Waals surface area contributed by atoms with Crippen LogP contribution in [0.25, 0.3) is 0 Å². The molecule has 2 aliphatic rings. The Bertz CT molecular complexity index is 747. The van der Waals surface area contributed by atoms with Gasteiger partial charge in [-0.15, -0.1) is 5.10 Å². The number of nitrogens with zero attached hydrogens (tertiary/aromatic N) is 6. The van der Waals surface area contributed by atoms with Gasteiger partial charge in [-0.05, 0) is 54.0 Å². The minimum Gasteiger partial charge on any atom is -0.497 e. The van der Waals surface area contributed by atoms with Crippen molar-refractivity contribution in [3.63, 3.8) is 0 Å². The molecule has 1 atom stereocenters. The molecular formula is C22H34N6O. The summed E-state index contributed by atoms with van der Waals surface area (Å²) in [6.45, 7) is 6.40. The fraction of sp³-hybridized carbons (Fsp3) is 0.682. The zero-order valence-corrected chi connectivity index (χ0v) is 17.8. The van der Waals surface area contributed by atoms with Crippen LogP contribution in [0.2, 0.25) is 0 Å². The second-order valence-electron chi connectivity index (χ2n) is 8.30. The SMILES string of the molecule is CCCCC(c1nnnn1C1CCCC1)N1CCN(c2ccc(OC)cc2)CC1. The monoisotopic (exact) mass is 398 g/mol. The maximum Gasteiger partial charge on any atom is 0.168 e. The van der Waals surface area contributed by atoms with Crippen LogP contribution in [-0.4, -0.2) is 58.4 Å². The number of piperazine rings is 1. The van der Waals surface area contributed by atoms with E-state index in [1.54, 1.807) is 7.11 Å². The fourth-order valence-electron chi connectivity index (χ4n) is 4.79. The maximum atomic E-state index is 5.29. The lowest BCUT2D eigenvalue weighted by Gasteiger charge is -2.40. The summed E-state index contributed by atoms with van der Waals surface area (Å²) in [5, 5.41) is 13.0. The number of ether oxygens (including phenoxy) is 1. The standard InChI is InChI=1S/C22H34N6O/c1-3-4-9-21(22-23-24-25-28(22)19-7-5-6-8-19)27-16-14-26(15-17-27)18-10-12-20(29-2)13-11-18/h10-13,19,21H,3-9,14-17H2,1-2H3. The summed E-state index contributed by atoms with van der Waals surface area (Å²) in [6, 6.07) is 9.21. The minimum atomic E-state index is 0.323. The summed E-state index contributed by atoms with van der Waals surface area (Å²) in [5.41, 5.74) is 1.27. The topological polar surface area (TPSA) is 59.3 Å². The van der Waals surface area contributed by atoms with Crippen molar-refractivity contribution in [3.8, 4) is 5.75 Å². The van der Waals surface area contributed by atoms with Crippen molar-refractivity contribution in [2.24, 2.45) is 0 Å². The van der Waals surface area contributed by atoms with Crippen LogP contribution in [0.1, 0.15) is 69.8 Å². The molecule has 7 heteroatoms. The van der Waals surface area contributed by atoms with Gasteiger partial charge in [0.15, 0.2) is 5.82 Å². The van der Waals surface area contributed by atoms with Crippen LogP contribution in [0, 0.1) is 0 Å². The molecule has 0 N–H and O–H groups in total. The van der Waals surface area contributed by atoms with E-state index in [0.717, 1.165) is 44.2 Å². The van der Waals surface area contributed by atoms with Gasteiger partial charge in [0.1, 0.15) is 5.75 Å². The van der Waals surface area contributed by atoms with Crippen molar-refractivity contribution in [2.45, 2.75) is 64.0 Å². The smallest absolute Gasteiger partial charge is 0.168 e. The summed E-state index contributed by atoms with van der Waals surface area (Å²) >= 11 is 0. The molecule has 2 aromatic rings. The van der Waals surface area contributed by atoms with Crippen molar-refractivity contribution in [3.05, 3.63) is 30.1 Å². The molecular weight excluding hydrogens is 364 g/mol. The van der Waals surface area contributed by atoms with E-state index >= 15 is 0 Å². The molecule has 1 aromatic heterocycles. The van der Waals surface area contributed by atoms with Crippen LogP contribution in [0.3, 0.4) is 0 Å². The average Bonchev–Trinajstić information content (AvgIpc) is 3.47. The van der Waals surface area contributed by atoms with E-state index in [9.17, 15) is 0 Å². The van der Waals surface area contributed by atoms with Crippen LogP contribution in [0.5, 0.6) is 5.75 Å². The van der Waals surface area contributed by atoms with E-state index in [0.29, 0.717) is 12.1 Å². The molecule has 1 aliphatic heterocycles. The van der Waals surface area contributed by atoms with E-state index in [1.807, 2.05) is 12.1 Å². The lowest BCUT2D eigenvalue weighted by Crippen LogP contribution is -2.48. The highest BCUT2D eigenvalue weighted by Gasteiger charge is 2.31. The summed E-state index contributed by atoms with van der Waals surface area (Å²) < 4.78 is 7.45. The van der Waals surface area contributed by atoms with E-state index < -0.39 is 0 Å². The summed E-state index contributed by atoms with van der Waals surface area (Å²) in [7, 11) is 1.71. The van der Waals surface area contributed by atoms with Gasteiger partial charge in [0.05, 0.1) is 19.2 Å². The normalized spacial score (nSPS) is 19.6. The number of aromatic nitrogens is 4. The van der Waals surface area contributed by atoms with Gasteiger partial charge in [0.25, 0.3) is 0 Å². The minimum absolute atomic E-state index is 0.323. The lowest BCUT2D eigenvalue weighted by molar-refractivity contribution is 0.160. The Kier molecular flexibility index (Phi) is 6.64. The van der Waals surface area contributed by atoms with Gasteiger partial charge in [-0.3, -0.25) is 4.90 Å². The average molecular weight is 399 g/mol. The fourth-order valence-corrected chi connectivity index (χ4v) is 4.79. The van der Waals surface area contributed by atoms with Gasteiger partial charge in [-0.2, -0.15) is 0 Å². The number of tetrazole rings is 1. The number of anilines is 1. The van der Waals surface area contributed by atoms with Crippen molar-refractivity contribution in [1.82, 2.24) is 25.1 Å². The Hall–Kier alpha value is -2.15. The first-order valence-corrected chi connectivity index (χ1v) is 11.2. The summed E-state index contributed by atoms with van der Waals surface area (Å²) in [6.07, 6.45) is 8.56. The number of hydrogen-bond donors (Lipinski definition) is 0. The van der Waals surface area contributed by atoms with Gasteiger partial charge in [-0.25, -0.2) is 4.68 Å². The Morgan fingerprint density at radius 3 is 2.45 bits per heavy atom. The number of unbranched alkanes of at least 4 members (excludes halogenated alkanes) is 1. The van der Waals surface area contributed by atoms with Gasteiger partial charge in [-0.1, -0.05) is 32.6 Å². The molecule has 1 aliphatic carbocycles. The number of benzene rings is 1. The van der Waals surface area contributed by atoms with Crippen LogP contribution in [-0.2, 0) is 0 Å². The first-order chi connectivity index (χ1) is 14.3. The van der Waals surface area contributed by atoms with Crippen LogP contribution < -0.4 is 9.64 Å². The predicted molar refractivity (Wildman–Crippen MR) is 114 cm³/mol. The van der Waals surface area contributed by atoms with Crippen LogP contribution in [0.4, 0.5) is 5.69 Å². The molecule has 0 radical (unpaired) electrons. The molecule has 0 spiro atoms. The van der Waals surface area contributed by atoms with Gasteiger partial charge in [0.2, 0.25) is 0 Å². The molecule has 1 aromatic carbocycles. The molecule has 1 saturated heterocycles.